The van der Waals surface area contributed by atoms with Gasteiger partial charge in [-0.3, -0.25) is 4.98 Å². The van der Waals surface area contributed by atoms with Crippen LogP contribution in [-0.2, 0) is 13.2 Å². The summed E-state index contributed by atoms with van der Waals surface area (Å²) in [4.78, 5) is 14.7. The molecule has 2 rings (SSSR count). The molecular weight excluding hydrogens is 284 g/mol. The van der Waals surface area contributed by atoms with Gasteiger partial charge in [0.05, 0.1) is 7.11 Å². The summed E-state index contributed by atoms with van der Waals surface area (Å²) in [5.41, 5.74) is 2.71. The van der Waals surface area contributed by atoms with E-state index in [2.05, 4.69) is 10.3 Å². The van der Waals surface area contributed by atoms with E-state index < -0.39 is 6.09 Å². The lowest BCUT2D eigenvalue weighted by molar-refractivity contribution is 0.194. The predicted molar refractivity (Wildman–Crippen MR) is 81.2 cm³/mol. The van der Waals surface area contributed by atoms with Crippen molar-refractivity contribution >= 4 is 6.09 Å². The van der Waals surface area contributed by atoms with E-state index in [0.29, 0.717) is 18.1 Å². The van der Waals surface area contributed by atoms with Crippen molar-refractivity contribution in [3.05, 3.63) is 53.3 Å². The number of benzene rings is 1. The molecule has 1 amide bonds. The van der Waals surface area contributed by atoms with Gasteiger partial charge in [0, 0.05) is 24.0 Å². The van der Waals surface area contributed by atoms with E-state index in [1.165, 1.54) is 0 Å². The molecule has 0 aliphatic rings. The highest BCUT2D eigenvalue weighted by molar-refractivity contribution is 5.64. The van der Waals surface area contributed by atoms with E-state index in [4.69, 9.17) is 14.6 Å². The Morgan fingerprint density at radius 3 is 2.64 bits per heavy atom. The van der Waals surface area contributed by atoms with Crippen LogP contribution < -0.4 is 14.8 Å². The summed E-state index contributed by atoms with van der Waals surface area (Å²) in [6.45, 7) is 2.53. The summed E-state index contributed by atoms with van der Waals surface area (Å²) in [6.07, 6.45) is 0.707. The maximum Gasteiger partial charge on any atom is 0.404 e. The molecule has 22 heavy (non-hydrogen) atoms. The molecule has 0 saturated carbocycles. The average Bonchev–Trinajstić information content (AvgIpc) is 2.52. The summed E-state index contributed by atoms with van der Waals surface area (Å²) in [7, 11) is 1.55. The van der Waals surface area contributed by atoms with Crippen molar-refractivity contribution in [3.63, 3.8) is 0 Å². The van der Waals surface area contributed by atoms with Gasteiger partial charge in [0.15, 0.2) is 11.5 Å². The second-order valence-corrected chi connectivity index (χ2v) is 4.74. The Balaban J connectivity index is 2.03. The third-order valence-corrected chi connectivity index (χ3v) is 3.04. The number of methoxy groups -OCH3 is 1. The molecule has 0 radical (unpaired) electrons. The Kier molecular flexibility index (Phi) is 5.19. The second kappa shape index (κ2) is 7.31. The lowest BCUT2D eigenvalue weighted by Crippen LogP contribution is -2.19. The molecule has 0 unspecified atom stereocenters. The molecule has 116 valence electrons. The van der Waals surface area contributed by atoms with Crippen molar-refractivity contribution in [1.29, 1.82) is 0 Å². The quantitative estimate of drug-likeness (QED) is 0.857. The number of rotatable bonds is 6. The normalized spacial score (nSPS) is 10.1. The van der Waals surface area contributed by atoms with Gasteiger partial charge in [0.2, 0.25) is 0 Å². The summed E-state index contributed by atoms with van der Waals surface area (Å²) in [6, 6.07) is 9.19. The van der Waals surface area contributed by atoms with Gasteiger partial charge in [-0.2, -0.15) is 0 Å². The molecule has 1 aromatic heterocycles. The SMILES string of the molecule is COc1cc(CNC(=O)O)ccc1OCc1ccc(C)nc1. The first-order valence-corrected chi connectivity index (χ1v) is 6.76. The Hall–Kier alpha value is -2.76. The molecule has 0 fully saturated rings. The van der Waals surface area contributed by atoms with E-state index >= 15 is 0 Å². The third kappa shape index (κ3) is 4.37. The number of nitrogens with zero attached hydrogens (tertiary/aromatic N) is 1. The molecule has 0 aliphatic carbocycles. The van der Waals surface area contributed by atoms with Crippen LogP contribution in [0.1, 0.15) is 16.8 Å². The van der Waals surface area contributed by atoms with Crippen LogP contribution in [0.4, 0.5) is 4.79 Å². The number of nitrogens with one attached hydrogen (secondary N) is 1. The monoisotopic (exact) mass is 302 g/mol. The predicted octanol–water partition coefficient (Wildman–Crippen LogP) is 2.75. The zero-order chi connectivity index (χ0) is 15.9. The van der Waals surface area contributed by atoms with Crippen molar-refractivity contribution in [2.45, 2.75) is 20.1 Å². The van der Waals surface area contributed by atoms with E-state index in [-0.39, 0.29) is 6.54 Å². The van der Waals surface area contributed by atoms with Crippen LogP contribution >= 0.6 is 0 Å². The van der Waals surface area contributed by atoms with E-state index in [1.54, 1.807) is 31.5 Å². The molecular formula is C16H18N2O4. The highest BCUT2D eigenvalue weighted by atomic mass is 16.5. The molecule has 1 heterocycles. The molecule has 0 spiro atoms. The summed E-state index contributed by atoms with van der Waals surface area (Å²) in [5, 5.41) is 10.9. The van der Waals surface area contributed by atoms with Crippen molar-refractivity contribution in [3.8, 4) is 11.5 Å². The minimum atomic E-state index is -1.06. The van der Waals surface area contributed by atoms with Crippen LogP contribution in [0.5, 0.6) is 11.5 Å². The van der Waals surface area contributed by atoms with Crippen molar-refractivity contribution in [2.24, 2.45) is 0 Å². The first-order chi connectivity index (χ1) is 10.6. The van der Waals surface area contributed by atoms with E-state index in [9.17, 15) is 4.79 Å². The first kappa shape index (κ1) is 15.6. The van der Waals surface area contributed by atoms with Gasteiger partial charge < -0.3 is 19.9 Å². The standard InChI is InChI=1S/C16H18N2O4/c1-11-3-4-13(9-17-11)10-22-14-6-5-12(7-15(14)21-2)8-18-16(19)20/h3-7,9,18H,8,10H2,1-2H3,(H,19,20). The lowest BCUT2D eigenvalue weighted by Gasteiger charge is -2.12. The highest BCUT2D eigenvalue weighted by Gasteiger charge is 2.07. The zero-order valence-corrected chi connectivity index (χ0v) is 12.5. The number of hydrogen-bond donors (Lipinski definition) is 2. The lowest BCUT2D eigenvalue weighted by atomic mass is 10.2. The summed E-state index contributed by atoms with van der Waals surface area (Å²) < 4.78 is 11.0. The Bertz CT molecular complexity index is 641. The van der Waals surface area contributed by atoms with Gasteiger partial charge in [-0.25, -0.2) is 4.79 Å². The molecule has 0 atom stereocenters. The van der Waals surface area contributed by atoms with Gasteiger partial charge in [0.25, 0.3) is 0 Å². The molecule has 2 aromatic rings. The van der Waals surface area contributed by atoms with Gasteiger partial charge in [-0.05, 0) is 30.7 Å². The number of amides is 1. The second-order valence-electron chi connectivity index (χ2n) is 4.74. The zero-order valence-electron chi connectivity index (χ0n) is 12.5. The highest BCUT2D eigenvalue weighted by Crippen LogP contribution is 2.28. The fourth-order valence-electron chi connectivity index (χ4n) is 1.86. The molecule has 0 saturated heterocycles. The first-order valence-electron chi connectivity index (χ1n) is 6.76. The number of ether oxygens (including phenoxy) is 2. The maximum atomic E-state index is 10.5. The van der Waals surface area contributed by atoms with E-state index in [1.807, 2.05) is 19.1 Å². The van der Waals surface area contributed by atoms with Crippen LogP contribution in [0.2, 0.25) is 0 Å². The number of carbonyl (C=O) groups is 1. The molecule has 6 heteroatoms. The van der Waals surface area contributed by atoms with Gasteiger partial charge in [-0.1, -0.05) is 12.1 Å². The van der Waals surface area contributed by atoms with Crippen LogP contribution in [-0.4, -0.2) is 23.3 Å². The largest absolute Gasteiger partial charge is 0.493 e. The van der Waals surface area contributed by atoms with E-state index in [0.717, 1.165) is 16.8 Å². The molecule has 1 aromatic carbocycles. The third-order valence-electron chi connectivity index (χ3n) is 3.04. The van der Waals surface area contributed by atoms with Crippen LogP contribution in [0.25, 0.3) is 0 Å². The number of carboxylic acid groups (broad SMARTS) is 1. The van der Waals surface area contributed by atoms with Crippen LogP contribution in [0.3, 0.4) is 0 Å². The molecule has 2 N–H and O–H groups in total. The number of aryl methyl sites for hydroxylation is 1. The number of aromatic nitrogens is 1. The van der Waals surface area contributed by atoms with Crippen LogP contribution in [0.15, 0.2) is 36.5 Å². The van der Waals surface area contributed by atoms with Crippen molar-refractivity contribution in [2.75, 3.05) is 7.11 Å². The fraction of sp³-hybridized carbons (Fsp3) is 0.250. The van der Waals surface area contributed by atoms with Gasteiger partial charge in [-0.15, -0.1) is 0 Å². The minimum Gasteiger partial charge on any atom is -0.493 e. The average molecular weight is 302 g/mol. The number of pyridine rings is 1. The summed E-state index contributed by atoms with van der Waals surface area (Å²) >= 11 is 0. The van der Waals surface area contributed by atoms with Crippen molar-refractivity contribution < 1.29 is 19.4 Å². The van der Waals surface area contributed by atoms with Gasteiger partial charge in [0.1, 0.15) is 6.61 Å². The topological polar surface area (TPSA) is 80.7 Å². The maximum absolute atomic E-state index is 10.5. The van der Waals surface area contributed by atoms with Gasteiger partial charge >= 0.3 is 6.09 Å². The smallest absolute Gasteiger partial charge is 0.404 e. The molecule has 0 aliphatic heterocycles. The molecule has 6 nitrogen and oxygen atoms in total. The number of hydrogen-bond acceptors (Lipinski definition) is 4. The fourth-order valence-corrected chi connectivity index (χ4v) is 1.86. The Labute approximate surface area is 128 Å². The Morgan fingerprint density at radius 2 is 2.00 bits per heavy atom. The molecule has 0 bridgehead atoms. The van der Waals surface area contributed by atoms with Crippen molar-refractivity contribution in [1.82, 2.24) is 10.3 Å². The summed E-state index contributed by atoms with van der Waals surface area (Å²) in [5.74, 6) is 1.16. The van der Waals surface area contributed by atoms with Crippen LogP contribution in [0, 0.1) is 6.92 Å². The minimum absolute atomic E-state index is 0.216. The Morgan fingerprint density at radius 1 is 1.23 bits per heavy atom.